The van der Waals surface area contributed by atoms with Crippen LogP contribution in [0.25, 0.3) is 22.0 Å². The average molecular weight is 285 g/mol. The number of hydrogen-bond acceptors (Lipinski definition) is 3. The Kier molecular flexibility index (Phi) is 2.43. The van der Waals surface area contributed by atoms with Crippen LogP contribution in [0.15, 0.2) is 53.6 Å². The summed E-state index contributed by atoms with van der Waals surface area (Å²) < 4.78 is 3.38. The molecule has 0 fully saturated rings. The average Bonchev–Trinajstić information content (AvgIpc) is 2.47. The Morgan fingerprint density at radius 2 is 1.95 bits per heavy atom. The van der Waals surface area contributed by atoms with Crippen molar-refractivity contribution in [1.82, 2.24) is 4.98 Å². The summed E-state index contributed by atoms with van der Waals surface area (Å²) in [6.07, 6.45) is 1.80. The van der Waals surface area contributed by atoms with E-state index in [1.807, 2.05) is 30.3 Å². The Morgan fingerprint density at radius 1 is 1.05 bits per heavy atom. The number of fused-ring (bicyclic) bond motifs is 5. The fourth-order valence-electron chi connectivity index (χ4n) is 2.40. The third-order valence-electron chi connectivity index (χ3n) is 3.28. The number of rotatable bonds is 0. The Hall–Kier alpha value is -1.71. The molecule has 2 nitrogen and oxygen atoms in total. The van der Waals surface area contributed by atoms with E-state index < -0.39 is 0 Å². The maximum atomic E-state index is 6.39. The first-order chi connectivity index (χ1) is 9.34. The van der Waals surface area contributed by atoms with Crippen molar-refractivity contribution in [1.29, 1.82) is 0 Å². The molecule has 4 heteroatoms. The molecule has 2 heterocycles. The van der Waals surface area contributed by atoms with Crippen molar-refractivity contribution in [3.05, 3.63) is 53.7 Å². The maximum Gasteiger partial charge on any atom is 0.0963 e. The van der Waals surface area contributed by atoms with Gasteiger partial charge in [0, 0.05) is 22.0 Å². The molecule has 1 aliphatic heterocycles. The van der Waals surface area contributed by atoms with E-state index in [0.717, 1.165) is 27.2 Å². The predicted molar refractivity (Wildman–Crippen MR) is 81.7 cm³/mol. The SMILES string of the molecule is Clc1cc2c(c3ncccc13)NSc1ccccc1-2. The topological polar surface area (TPSA) is 24.9 Å². The van der Waals surface area contributed by atoms with Gasteiger partial charge in [0.25, 0.3) is 0 Å². The van der Waals surface area contributed by atoms with Gasteiger partial charge in [-0.3, -0.25) is 4.98 Å². The largest absolute Gasteiger partial charge is 0.323 e. The monoisotopic (exact) mass is 284 g/mol. The van der Waals surface area contributed by atoms with Crippen molar-refractivity contribution >= 4 is 40.1 Å². The zero-order valence-electron chi connectivity index (χ0n) is 9.85. The van der Waals surface area contributed by atoms with E-state index in [1.54, 1.807) is 18.1 Å². The van der Waals surface area contributed by atoms with Crippen LogP contribution in [0, 0.1) is 0 Å². The van der Waals surface area contributed by atoms with E-state index in [0.29, 0.717) is 0 Å². The van der Waals surface area contributed by atoms with Gasteiger partial charge in [-0.2, -0.15) is 0 Å². The summed E-state index contributed by atoms with van der Waals surface area (Å²) in [5.74, 6) is 0. The van der Waals surface area contributed by atoms with Crippen LogP contribution >= 0.6 is 23.5 Å². The number of nitrogens with zero attached hydrogens (tertiary/aromatic N) is 1. The minimum atomic E-state index is 0.741. The van der Waals surface area contributed by atoms with Crippen LogP contribution in [-0.4, -0.2) is 4.98 Å². The number of anilines is 1. The van der Waals surface area contributed by atoms with Crippen LogP contribution in [0.5, 0.6) is 0 Å². The molecule has 2 aromatic carbocycles. The highest BCUT2D eigenvalue weighted by Crippen LogP contribution is 2.46. The molecule has 0 unspecified atom stereocenters. The first-order valence-corrected chi connectivity index (χ1v) is 7.13. The molecule has 0 saturated heterocycles. The molecule has 1 N–H and O–H groups in total. The summed E-state index contributed by atoms with van der Waals surface area (Å²) in [4.78, 5) is 5.68. The normalized spacial score (nSPS) is 12.7. The summed E-state index contributed by atoms with van der Waals surface area (Å²) in [6.45, 7) is 0. The fourth-order valence-corrected chi connectivity index (χ4v) is 3.52. The Morgan fingerprint density at radius 3 is 2.89 bits per heavy atom. The van der Waals surface area contributed by atoms with Crippen molar-refractivity contribution < 1.29 is 0 Å². The van der Waals surface area contributed by atoms with E-state index in [-0.39, 0.29) is 0 Å². The molecule has 0 aliphatic carbocycles. The Labute approximate surface area is 119 Å². The minimum absolute atomic E-state index is 0.741. The quantitative estimate of drug-likeness (QED) is 0.589. The lowest BCUT2D eigenvalue weighted by Gasteiger charge is -2.22. The highest BCUT2D eigenvalue weighted by molar-refractivity contribution is 8.00. The van der Waals surface area contributed by atoms with Gasteiger partial charge < -0.3 is 4.72 Å². The van der Waals surface area contributed by atoms with E-state index in [2.05, 4.69) is 21.8 Å². The van der Waals surface area contributed by atoms with Crippen LogP contribution in [0.1, 0.15) is 0 Å². The summed E-state index contributed by atoms with van der Waals surface area (Å²) in [6, 6.07) is 14.2. The van der Waals surface area contributed by atoms with Crippen LogP contribution < -0.4 is 4.72 Å². The Bertz CT molecular complexity index is 801. The van der Waals surface area contributed by atoms with E-state index in [9.17, 15) is 0 Å². The lowest BCUT2D eigenvalue weighted by atomic mass is 10.0. The standard InChI is InChI=1S/C15H9ClN2S/c16-12-8-11-9-4-1-2-6-13(9)19-18-15(11)14-10(12)5-3-7-17-14/h1-8,18H. The van der Waals surface area contributed by atoms with E-state index >= 15 is 0 Å². The lowest BCUT2D eigenvalue weighted by molar-refractivity contribution is 1.39. The smallest absolute Gasteiger partial charge is 0.0963 e. The number of benzene rings is 2. The molecule has 3 aromatic rings. The lowest BCUT2D eigenvalue weighted by Crippen LogP contribution is -2.00. The van der Waals surface area contributed by atoms with Crippen molar-refractivity contribution in [2.45, 2.75) is 4.90 Å². The molecule has 0 bridgehead atoms. The number of halogens is 1. The maximum absolute atomic E-state index is 6.39. The van der Waals surface area contributed by atoms with Gasteiger partial charge in [-0.1, -0.05) is 29.8 Å². The number of pyridine rings is 1. The predicted octanol–water partition coefficient (Wildman–Crippen LogP) is 4.99. The van der Waals surface area contributed by atoms with E-state index in [4.69, 9.17) is 11.6 Å². The third kappa shape index (κ3) is 1.62. The molecule has 1 aromatic heterocycles. The zero-order valence-corrected chi connectivity index (χ0v) is 11.4. The second-order valence-electron chi connectivity index (χ2n) is 4.38. The summed E-state index contributed by atoms with van der Waals surface area (Å²) >= 11 is 8.00. The first kappa shape index (κ1) is 11.1. The second kappa shape index (κ2) is 4.15. The second-order valence-corrected chi connectivity index (χ2v) is 5.64. The minimum Gasteiger partial charge on any atom is -0.323 e. The Balaban J connectivity index is 2.13. The van der Waals surface area contributed by atoms with Gasteiger partial charge >= 0.3 is 0 Å². The zero-order chi connectivity index (χ0) is 12.8. The molecule has 0 spiro atoms. The van der Waals surface area contributed by atoms with Gasteiger partial charge in [0.1, 0.15) is 0 Å². The third-order valence-corrected chi connectivity index (χ3v) is 4.48. The molecule has 0 atom stereocenters. The number of aromatic nitrogens is 1. The summed E-state index contributed by atoms with van der Waals surface area (Å²) in [5, 5.41) is 1.72. The molecular weight excluding hydrogens is 276 g/mol. The fraction of sp³-hybridized carbons (Fsp3) is 0. The van der Waals surface area contributed by atoms with Gasteiger partial charge in [-0.05, 0) is 41.8 Å². The van der Waals surface area contributed by atoms with Crippen LogP contribution in [0.2, 0.25) is 5.02 Å². The molecular formula is C15H9ClN2S. The van der Waals surface area contributed by atoms with Crippen molar-refractivity contribution in [2.75, 3.05) is 4.72 Å². The van der Waals surface area contributed by atoms with Gasteiger partial charge in [-0.15, -0.1) is 0 Å². The van der Waals surface area contributed by atoms with E-state index in [1.165, 1.54) is 10.5 Å². The highest BCUT2D eigenvalue weighted by Gasteiger charge is 2.20. The van der Waals surface area contributed by atoms with Crippen molar-refractivity contribution in [3.63, 3.8) is 0 Å². The van der Waals surface area contributed by atoms with Gasteiger partial charge in [0.2, 0.25) is 0 Å². The van der Waals surface area contributed by atoms with Crippen molar-refractivity contribution in [2.24, 2.45) is 0 Å². The number of nitrogens with one attached hydrogen (secondary N) is 1. The molecule has 0 saturated carbocycles. The van der Waals surface area contributed by atoms with Crippen LogP contribution in [0.4, 0.5) is 5.69 Å². The van der Waals surface area contributed by atoms with Gasteiger partial charge in [0.05, 0.1) is 16.2 Å². The van der Waals surface area contributed by atoms with Crippen LogP contribution in [0.3, 0.4) is 0 Å². The van der Waals surface area contributed by atoms with Gasteiger partial charge in [-0.25, -0.2) is 0 Å². The molecule has 92 valence electrons. The molecule has 1 aliphatic rings. The van der Waals surface area contributed by atoms with Crippen LogP contribution in [-0.2, 0) is 0 Å². The highest BCUT2D eigenvalue weighted by atomic mass is 35.5. The summed E-state index contributed by atoms with van der Waals surface area (Å²) in [5.41, 5.74) is 4.29. The summed E-state index contributed by atoms with van der Waals surface area (Å²) in [7, 11) is 0. The molecule has 19 heavy (non-hydrogen) atoms. The molecule has 0 amide bonds. The number of hydrogen-bond donors (Lipinski definition) is 1. The first-order valence-electron chi connectivity index (χ1n) is 5.94. The molecule has 4 rings (SSSR count). The van der Waals surface area contributed by atoms with Gasteiger partial charge in [0.15, 0.2) is 0 Å². The molecule has 0 radical (unpaired) electrons. The van der Waals surface area contributed by atoms with Crippen molar-refractivity contribution in [3.8, 4) is 11.1 Å².